The maximum Gasteiger partial charge on any atom is 0.325 e. The fourth-order valence-electron chi connectivity index (χ4n) is 2.42. The largest absolute Gasteiger partial charge is 0.350 e. The average molecular weight is 283 g/mol. The Kier molecular flexibility index (Phi) is 4.78. The number of amides is 4. The molecule has 0 bridgehead atoms. The molecular weight excluding hydrogens is 258 g/mol. The molecule has 6 heteroatoms. The van der Waals surface area contributed by atoms with Crippen LogP contribution in [0.4, 0.5) is 4.79 Å². The molecule has 0 aromatic carbocycles. The van der Waals surface area contributed by atoms with Crippen LogP contribution < -0.4 is 10.6 Å². The number of carbonyl (C=O) groups is 3. The molecule has 6 nitrogen and oxygen atoms in total. The standard InChI is InChI=1S/C14H25N3O3/c1-6-13(4,5)16-10(18)9-17-12(20)15-11(19)14(17,7-2)8-3/h6-9H2,1-5H3,(H,16,18)(H,15,19,20). The highest BCUT2D eigenvalue weighted by atomic mass is 16.2. The summed E-state index contributed by atoms with van der Waals surface area (Å²) in [6.45, 7) is 9.43. The van der Waals surface area contributed by atoms with E-state index in [0.29, 0.717) is 12.8 Å². The highest BCUT2D eigenvalue weighted by molar-refractivity contribution is 6.08. The van der Waals surface area contributed by atoms with Crippen LogP contribution in [-0.2, 0) is 9.59 Å². The number of nitrogens with zero attached hydrogens (tertiary/aromatic N) is 1. The summed E-state index contributed by atoms with van der Waals surface area (Å²) < 4.78 is 0. The second kappa shape index (κ2) is 5.81. The molecule has 0 aromatic rings. The number of hydrogen-bond donors (Lipinski definition) is 2. The molecule has 20 heavy (non-hydrogen) atoms. The summed E-state index contributed by atoms with van der Waals surface area (Å²) in [7, 11) is 0. The lowest BCUT2D eigenvalue weighted by Gasteiger charge is -2.34. The van der Waals surface area contributed by atoms with Gasteiger partial charge in [0, 0.05) is 5.54 Å². The van der Waals surface area contributed by atoms with Crippen molar-refractivity contribution in [2.24, 2.45) is 0 Å². The first kappa shape index (κ1) is 16.5. The highest BCUT2D eigenvalue weighted by Crippen LogP contribution is 2.28. The normalized spacial score (nSPS) is 18.1. The molecule has 0 aromatic heterocycles. The van der Waals surface area contributed by atoms with Gasteiger partial charge in [0.25, 0.3) is 5.91 Å². The second-order valence-corrected chi connectivity index (χ2v) is 5.87. The van der Waals surface area contributed by atoms with Gasteiger partial charge in [0.1, 0.15) is 12.1 Å². The quantitative estimate of drug-likeness (QED) is 0.723. The Balaban J connectivity index is 2.86. The van der Waals surface area contributed by atoms with Crippen molar-refractivity contribution in [1.29, 1.82) is 0 Å². The zero-order valence-electron chi connectivity index (χ0n) is 13.0. The topological polar surface area (TPSA) is 78.5 Å². The third-order valence-electron chi connectivity index (χ3n) is 4.24. The van der Waals surface area contributed by atoms with E-state index >= 15 is 0 Å². The average Bonchev–Trinajstić information content (AvgIpc) is 2.60. The van der Waals surface area contributed by atoms with E-state index < -0.39 is 11.6 Å². The molecule has 0 spiro atoms. The van der Waals surface area contributed by atoms with Gasteiger partial charge in [0.15, 0.2) is 0 Å². The van der Waals surface area contributed by atoms with Gasteiger partial charge in [0.2, 0.25) is 5.91 Å². The summed E-state index contributed by atoms with van der Waals surface area (Å²) in [6.07, 6.45) is 1.77. The number of urea groups is 1. The smallest absolute Gasteiger partial charge is 0.325 e. The van der Waals surface area contributed by atoms with Crippen molar-refractivity contribution in [2.45, 2.75) is 65.0 Å². The molecule has 0 radical (unpaired) electrons. The van der Waals surface area contributed by atoms with E-state index in [1.54, 1.807) is 0 Å². The Bertz CT molecular complexity index is 414. The highest BCUT2D eigenvalue weighted by Gasteiger charge is 2.50. The van der Waals surface area contributed by atoms with Crippen molar-refractivity contribution in [2.75, 3.05) is 6.54 Å². The lowest BCUT2D eigenvalue weighted by Crippen LogP contribution is -2.54. The van der Waals surface area contributed by atoms with E-state index in [4.69, 9.17) is 0 Å². The minimum Gasteiger partial charge on any atom is -0.350 e. The molecule has 0 saturated carbocycles. The zero-order chi connectivity index (χ0) is 15.6. The third kappa shape index (κ3) is 2.94. The number of carbonyl (C=O) groups excluding carboxylic acids is 3. The fraction of sp³-hybridized carbons (Fsp3) is 0.786. The maximum atomic E-state index is 12.1. The molecule has 0 atom stereocenters. The van der Waals surface area contributed by atoms with Gasteiger partial charge in [-0.15, -0.1) is 0 Å². The first-order valence-electron chi connectivity index (χ1n) is 7.16. The SMILES string of the molecule is CCC(C)(C)NC(=O)CN1C(=O)NC(=O)C1(CC)CC. The van der Waals surface area contributed by atoms with E-state index in [9.17, 15) is 14.4 Å². The monoisotopic (exact) mass is 283 g/mol. The molecule has 2 N–H and O–H groups in total. The Morgan fingerprint density at radius 1 is 1.25 bits per heavy atom. The zero-order valence-corrected chi connectivity index (χ0v) is 13.0. The molecule has 1 aliphatic rings. The molecule has 114 valence electrons. The van der Waals surface area contributed by atoms with Crippen molar-refractivity contribution in [3.05, 3.63) is 0 Å². The number of imide groups is 1. The molecular formula is C14H25N3O3. The van der Waals surface area contributed by atoms with Gasteiger partial charge >= 0.3 is 6.03 Å². The fourth-order valence-corrected chi connectivity index (χ4v) is 2.42. The number of nitrogens with one attached hydrogen (secondary N) is 2. The van der Waals surface area contributed by atoms with Crippen molar-refractivity contribution >= 4 is 17.8 Å². The Labute approximate surface area is 120 Å². The van der Waals surface area contributed by atoms with Crippen LogP contribution in [-0.4, -0.2) is 40.4 Å². The molecule has 1 fully saturated rings. The van der Waals surface area contributed by atoms with Crippen molar-refractivity contribution in [3.8, 4) is 0 Å². The van der Waals surface area contributed by atoms with Crippen molar-refractivity contribution < 1.29 is 14.4 Å². The van der Waals surface area contributed by atoms with Crippen LogP contribution in [0.1, 0.15) is 53.9 Å². The van der Waals surface area contributed by atoms with Crippen molar-refractivity contribution in [3.63, 3.8) is 0 Å². The van der Waals surface area contributed by atoms with E-state index in [1.807, 2.05) is 34.6 Å². The summed E-state index contributed by atoms with van der Waals surface area (Å²) in [5, 5.41) is 5.19. The molecule has 0 aliphatic carbocycles. The minimum atomic E-state index is -0.898. The van der Waals surface area contributed by atoms with E-state index in [1.165, 1.54) is 4.90 Å². The van der Waals surface area contributed by atoms with Gasteiger partial charge in [-0.2, -0.15) is 0 Å². The van der Waals surface area contributed by atoms with Crippen LogP contribution in [0.5, 0.6) is 0 Å². The summed E-state index contributed by atoms with van der Waals surface area (Å²) >= 11 is 0. The second-order valence-electron chi connectivity index (χ2n) is 5.87. The predicted molar refractivity (Wildman–Crippen MR) is 76.1 cm³/mol. The van der Waals surface area contributed by atoms with Crippen LogP contribution in [0.15, 0.2) is 0 Å². The molecule has 1 rings (SSSR count). The lowest BCUT2D eigenvalue weighted by atomic mass is 9.91. The van der Waals surface area contributed by atoms with Gasteiger partial charge in [0.05, 0.1) is 0 Å². The maximum absolute atomic E-state index is 12.1. The van der Waals surface area contributed by atoms with Crippen LogP contribution in [0.2, 0.25) is 0 Å². The van der Waals surface area contributed by atoms with E-state index in [2.05, 4.69) is 10.6 Å². The predicted octanol–water partition coefficient (Wildman–Crippen LogP) is 1.40. The van der Waals surface area contributed by atoms with E-state index in [0.717, 1.165) is 6.42 Å². The molecule has 1 saturated heterocycles. The Hall–Kier alpha value is -1.59. The lowest BCUT2D eigenvalue weighted by molar-refractivity contribution is -0.129. The summed E-state index contributed by atoms with van der Waals surface area (Å²) in [5.74, 6) is -0.553. The number of rotatable bonds is 6. The van der Waals surface area contributed by atoms with Crippen LogP contribution in [0.25, 0.3) is 0 Å². The summed E-state index contributed by atoms with van der Waals surface area (Å²) in [5.41, 5.74) is -1.22. The first-order valence-corrected chi connectivity index (χ1v) is 7.16. The molecule has 4 amide bonds. The summed E-state index contributed by atoms with van der Waals surface area (Å²) in [6, 6.07) is -0.483. The summed E-state index contributed by atoms with van der Waals surface area (Å²) in [4.78, 5) is 37.4. The number of hydrogen-bond acceptors (Lipinski definition) is 3. The molecule has 1 heterocycles. The van der Waals surface area contributed by atoms with Crippen LogP contribution >= 0.6 is 0 Å². The van der Waals surface area contributed by atoms with Gasteiger partial charge in [-0.3, -0.25) is 14.9 Å². The van der Waals surface area contributed by atoms with Crippen LogP contribution in [0.3, 0.4) is 0 Å². The van der Waals surface area contributed by atoms with Gasteiger partial charge < -0.3 is 10.2 Å². The van der Waals surface area contributed by atoms with Crippen molar-refractivity contribution in [1.82, 2.24) is 15.5 Å². The molecule has 0 unspecified atom stereocenters. The van der Waals surface area contributed by atoms with Gasteiger partial charge in [-0.25, -0.2) is 4.79 Å². The van der Waals surface area contributed by atoms with Crippen LogP contribution in [0, 0.1) is 0 Å². The van der Waals surface area contributed by atoms with E-state index in [-0.39, 0.29) is 23.9 Å². The minimum absolute atomic E-state index is 0.0946. The first-order chi connectivity index (χ1) is 9.22. The molecule has 1 aliphatic heterocycles. The van der Waals surface area contributed by atoms with Gasteiger partial charge in [-0.1, -0.05) is 20.8 Å². The Morgan fingerprint density at radius 2 is 1.80 bits per heavy atom. The van der Waals surface area contributed by atoms with Gasteiger partial charge in [-0.05, 0) is 33.1 Å². The third-order valence-corrected chi connectivity index (χ3v) is 4.24. The Morgan fingerprint density at radius 3 is 2.25 bits per heavy atom.